The standard InChI is InChI=1S/C17H18BrNO2/c1-10-6-11(2)17(14(18)7-10)19-12(3)13-4-5-15-16(8-13)21-9-20-15/h4-8,12,19H,9H2,1-3H3. The molecule has 4 heteroatoms. The number of nitrogens with one attached hydrogen (secondary N) is 1. The van der Waals surface area contributed by atoms with Crippen molar-refractivity contribution < 1.29 is 9.47 Å². The van der Waals surface area contributed by atoms with Gasteiger partial charge in [-0.05, 0) is 71.6 Å². The smallest absolute Gasteiger partial charge is 0.231 e. The van der Waals surface area contributed by atoms with E-state index in [2.05, 4.69) is 60.2 Å². The number of benzene rings is 2. The number of halogens is 1. The number of fused-ring (bicyclic) bond motifs is 1. The first-order valence-electron chi connectivity index (χ1n) is 6.97. The highest BCUT2D eigenvalue weighted by molar-refractivity contribution is 9.10. The summed E-state index contributed by atoms with van der Waals surface area (Å²) < 4.78 is 11.9. The lowest BCUT2D eigenvalue weighted by Gasteiger charge is -2.19. The summed E-state index contributed by atoms with van der Waals surface area (Å²) in [4.78, 5) is 0. The minimum absolute atomic E-state index is 0.178. The minimum atomic E-state index is 0.178. The molecule has 21 heavy (non-hydrogen) atoms. The Labute approximate surface area is 133 Å². The Morgan fingerprint density at radius 1 is 1.10 bits per heavy atom. The first-order chi connectivity index (χ1) is 10.0. The van der Waals surface area contributed by atoms with Crippen molar-refractivity contribution in [3.8, 4) is 11.5 Å². The maximum Gasteiger partial charge on any atom is 0.231 e. The lowest BCUT2D eigenvalue weighted by molar-refractivity contribution is 0.174. The third kappa shape index (κ3) is 2.86. The molecule has 110 valence electrons. The predicted molar refractivity (Wildman–Crippen MR) is 88.2 cm³/mol. The van der Waals surface area contributed by atoms with Crippen LogP contribution in [0.2, 0.25) is 0 Å². The molecule has 0 radical (unpaired) electrons. The van der Waals surface area contributed by atoms with Crippen LogP contribution in [0.1, 0.15) is 29.7 Å². The average molecular weight is 348 g/mol. The molecule has 1 aliphatic rings. The fourth-order valence-electron chi connectivity index (χ4n) is 2.58. The summed E-state index contributed by atoms with van der Waals surface area (Å²) in [5.74, 6) is 1.64. The van der Waals surface area contributed by atoms with Gasteiger partial charge in [0.1, 0.15) is 0 Å². The summed E-state index contributed by atoms with van der Waals surface area (Å²) in [5.41, 5.74) is 4.78. The molecular formula is C17H18BrNO2. The SMILES string of the molecule is Cc1cc(C)c(NC(C)c2ccc3c(c2)OCO3)c(Br)c1. The van der Waals surface area contributed by atoms with E-state index in [1.807, 2.05) is 12.1 Å². The van der Waals surface area contributed by atoms with Gasteiger partial charge in [-0.25, -0.2) is 0 Å². The third-order valence-corrected chi connectivity index (χ3v) is 4.31. The van der Waals surface area contributed by atoms with Gasteiger partial charge in [-0.3, -0.25) is 0 Å². The molecule has 0 saturated carbocycles. The molecule has 0 fully saturated rings. The fourth-order valence-corrected chi connectivity index (χ4v) is 3.37. The van der Waals surface area contributed by atoms with Crippen LogP contribution in [0, 0.1) is 13.8 Å². The largest absolute Gasteiger partial charge is 0.454 e. The van der Waals surface area contributed by atoms with Crippen molar-refractivity contribution in [3.05, 3.63) is 51.5 Å². The summed E-state index contributed by atoms with van der Waals surface area (Å²) in [7, 11) is 0. The second-order valence-electron chi connectivity index (χ2n) is 5.42. The number of rotatable bonds is 3. The van der Waals surface area contributed by atoms with Crippen LogP contribution in [0.4, 0.5) is 5.69 Å². The Morgan fingerprint density at radius 2 is 1.86 bits per heavy atom. The molecule has 0 saturated heterocycles. The number of hydrogen-bond donors (Lipinski definition) is 1. The summed E-state index contributed by atoms with van der Waals surface area (Å²) in [6.45, 7) is 6.67. The summed E-state index contributed by atoms with van der Waals surface area (Å²) in [6.07, 6.45) is 0. The summed E-state index contributed by atoms with van der Waals surface area (Å²) >= 11 is 3.64. The molecule has 2 aromatic carbocycles. The number of anilines is 1. The van der Waals surface area contributed by atoms with Gasteiger partial charge in [-0.2, -0.15) is 0 Å². The van der Waals surface area contributed by atoms with Crippen molar-refractivity contribution >= 4 is 21.6 Å². The van der Waals surface area contributed by atoms with Crippen LogP contribution in [0.15, 0.2) is 34.8 Å². The van der Waals surface area contributed by atoms with Crippen molar-refractivity contribution in [1.29, 1.82) is 0 Å². The molecule has 1 aliphatic heterocycles. The number of ether oxygens (including phenoxy) is 2. The van der Waals surface area contributed by atoms with Crippen LogP contribution in [0.5, 0.6) is 11.5 Å². The summed E-state index contributed by atoms with van der Waals surface area (Å²) in [6, 6.07) is 10.6. The first-order valence-corrected chi connectivity index (χ1v) is 7.77. The van der Waals surface area contributed by atoms with Crippen molar-refractivity contribution in [2.75, 3.05) is 12.1 Å². The molecule has 3 nitrogen and oxygen atoms in total. The molecule has 2 aromatic rings. The lowest BCUT2D eigenvalue weighted by atomic mass is 10.1. The topological polar surface area (TPSA) is 30.5 Å². The van der Waals surface area contributed by atoms with Crippen molar-refractivity contribution in [2.24, 2.45) is 0 Å². The van der Waals surface area contributed by atoms with Crippen LogP contribution in [-0.4, -0.2) is 6.79 Å². The van der Waals surface area contributed by atoms with Gasteiger partial charge in [0.15, 0.2) is 11.5 Å². The normalized spacial score (nSPS) is 14.1. The predicted octanol–water partition coefficient (Wildman–Crippen LogP) is 4.97. The summed E-state index contributed by atoms with van der Waals surface area (Å²) in [5, 5.41) is 3.57. The van der Waals surface area contributed by atoms with Crippen LogP contribution in [0.25, 0.3) is 0 Å². The van der Waals surface area contributed by atoms with E-state index in [0.29, 0.717) is 6.79 Å². The van der Waals surface area contributed by atoms with E-state index in [4.69, 9.17) is 9.47 Å². The van der Waals surface area contributed by atoms with Crippen LogP contribution < -0.4 is 14.8 Å². The molecule has 3 rings (SSSR count). The fraction of sp³-hybridized carbons (Fsp3) is 0.294. The lowest BCUT2D eigenvalue weighted by Crippen LogP contribution is -2.08. The van der Waals surface area contributed by atoms with Gasteiger partial charge in [0.25, 0.3) is 0 Å². The first kappa shape index (κ1) is 14.3. The zero-order valence-electron chi connectivity index (χ0n) is 12.4. The molecule has 1 N–H and O–H groups in total. The zero-order chi connectivity index (χ0) is 15.0. The van der Waals surface area contributed by atoms with Gasteiger partial charge in [0.05, 0.1) is 5.69 Å². The molecule has 1 heterocycles. The van der Waals surface area contributed by atoms with Crippen LogP contribution in [0.3, 0.4) is 0 Å². The number of hydrogen-bond acceptors (Lipinski definition) is 3. The van der Waals surface area contributed by atoms with E-state index in [-0.39, 0.29) is 6.04 Å². The second kappa shape index (κ2) is 5.60. The Bertz CT molecular complexity index is 661. The van der Waals surface area contributed by atoms with E-state index in [1.165, 1.54) is 16.7 Å². The van der Waals surface area contributed by atoms with E-state index in [0.717, 1.165) is 21.7 Å². The molecular weight excluding hydrogens is 330 g/mol. The van der Waals surface area contributed by atoms with Crippen LogP contribution >= 0.6 is 15.9 Å². The van der Waals surface area contributed by atoms with Crippen molar-refractivity contribution in [2.45, 2.75) is 26.8 Å². The van der Waals surface area contributed by atoms with Crippen LogP contribution in [-0.2, 0) is 0 Å². The molecule has 1 unspecified atom stereocenters. The van der Waals surface area contributed by atoms with E-state index >= 15 is 0 Å². The molecule has 0 aliphatic carbocycles. The van der Waals surface area contributed by atoms with Crippen molar-refractivity contribution in [1.82, 2.24) is 0 Å². The molecule has 0 bridgehead atoms. The van der Waals surface area contributed by atoms with Gasteiger partial charge in [0, 0.05) is 10.5 Å². The van der Waals surface area contributed by atoms with Gasteiger partial charge in [-0.1, -0.05) is 12.1 Å². The van der Waals surface area contributed by atoms with Gasteiger partial charge < -0.3 is 14.8 Å². The maximum absolute atomic E-state index is 5.44. The Balaban J connectivity index is 1.85. The molecule has 1 atom stereocenters. The van der Waals surface area contributed by atoms with E-state index in [9.17, 15) is 0 Å². The monoisotopic (exact) mass is 347 g/mol. The second-order valence-corrected chi connectivity index (χ2v) is 6.27. The molecule has 0 spiro atoms. The van der Waals surface area contributed by atoms with Gasteiger partial charge in [0.2, 0.25) is 6.79 Å². The minimum Gasteiger partial charge on any atom is -0.454 e. The maximum atomic E-state index is 5.44. The van der Waals surface area contributed by atoms with E-state index in [1.54, 1.807) is 0 Å². The average Bonchev–Trinajstić information content (AvgIpc) is 2.89. The Morgan fingerprint density at radius 3 is 2.62 bits per heavy atom. The van der Waals surface area contributed by atoms with E-state index < -0.39 is 0 Å². The quantitative estimate of drug-likeness (QED) is 0.850. The van der Waals surface area contributed by atoms with Crippen molar-refractivity contribution in [3.63, 3.8) is 0 Å². The third-order valence-electron chi connectivity index (χ3n) is 3.69. The highest BCUT2D eigenvalue weighted by Gasteiger charge is 2.16. The van der Waals surface area contributed by atoms with Gasteiger partial charge in [-0.15, -0.1) is 0 Å². The Kier molecular flexibility index (Phi) is 3.81. The zero-order valence-corrected chi connectivity index (χ0v) is 14.0. The molecule has 0 amide bonds. The highest BCUT2D eigenvalue weighted by atomic mass is 79.9. The Hall–Kier alpha value is -1.68. The molecule has 0 aromatic heterocycles. The van der Waals surface area contributed by atoms with Gasteiger partial charge >= 0.3 is 0 Å². The number of aryl methyl sites for hydroxylation is 2. The highest BCUT2D eigenvalue weighted by Crippen LogP contribution is 2.36.